The Morgan fingerprint density at radius 3 is 2.00 bits per heavy atom. The molecule has 0 unspecified atom stereocenters. The smallest absolute Gasteiger partial charge is 0.308 e. The van der Waals surface area contributed by atoms with E-state index in [-0.39, 0.29) is 35.4 Å². The molecule has 0 saturated carbocycles. The highest BCUT2D eigenvalue weighted by Gasteiger charge is 2.20. The summed E-state index contributed by atoms with van der Waals surface area (Å²) in [6.07, 6.45) is 0. The maximum absolute atomic E-state index is 11.3. The molecule has 0 saturated heterocycles. The van der Waals surface area contributed by atoms with E-state index in [1.165, 1.54) is 12.5 Å². The van der Waals surface area contributed by atoms with E-state index in [0.717, 1.165) is 11.1 Å². The highest BCUT2D eigenvalue weighted by Crippen LogP contribution is 2.37. The van der Waals surface area contributed by atoms with Crippen LogP contribution in [0.15, 0.2) is 48.5 Å². The van der Waals surface area contributed by atoms with Gasteiger partial charge in [0, 0.05) is 12.5 Å². The number of hydrogen-bond donors (Lipinski definition) is 0. The molecular weight excluding hydrogens is 375 g/mol. The molecule has 0 fully saturated rings. The molecule has 0 aliphatic heterocycles. The lowest BCUT2D eigenvalue weighted by atomic mass is 9.82. The van der Waals surface area contributed by atoms with Crippen LogP contribution in [-0.4, -0.2) is 5.97 Å². The van der Waals surface area contributed by atoms with Gasteiger partial charge in [-0.2, -0.15) is 0 Å². The summed E-state index contributed by atoms with van der Waals surface area (Å²) in [5.74, 6) is 0.308. The summed E-state index contributed by atoms with van der Waals surface area (Å²) in [6.45, 7) is 7.97. The molecule has 21 heavy (non-hydrogen) atoms. The van der Waals surface area contributed by atoms with Crippen LogP contribution >= 0.6 is 24.0 Å². The Kier molecular flexibility index (Phi) is 5.96. The topological polar surface area (TPSA) is 26.3 Å². The number of hydrogen-bond acceptors (Lipinski definition) is 2. The van der Waals surface area contributed by atoms with Gasteiger partial charge in [-0.25, -0.2) is 0 Å². The van der Waals surface area contributed by atoms with E-state index in [4.69, 9.17) is 4.74 Å². The summed E-state index contributed by atoms with van der Waals surface area (Å²) in [7, 11) is 0. The average Bonchev–Trinajstić information content (AvgIpc) is 2.38. The van der Waals surface area contributed by atoms with Crippen LogP contribution in [0.2, 0.25) is 0 Å². The van der Waals surface area contributed by atoms with Crippen molar-refractivity contribution in [1.29, 1.82) is 0 Å². The van der Waals surface area contributed by atoms with Crippen LogP contribution in [0, 0.1) is 0 Å². The van der Waals surface area contributed by atoms with Gasteiger partial charge in [0.25, 0.3) is 0 Å². The minimum absolute atomic E-state index is 0. The van der Waals surface area contributed by atoms with Gasteiger partial charge in [-0.1, -0.05) is 63.2 Å². The highest BCUT2D eigenvalue weighted by molar-refractivity contribution is 14.0. The fourth-order valence-electron chi connectivity index (χ4n) is 2.30. The van der Waals surface area contributed by atoms with Crippen molar-refractivity contribution >= 4 is 29.9 Å². The van der Waals surface area contributed by atoms with Gasteiger partial charge >= 0.3 is 5.97 Å². The maximum Gasteiger partial charge on any atom is 0.308 e. The number of carbonyl (C=O) groups is 1. The Bertz CT molecular complexity index is 627. The van der Waals surface area contributed by atoms with E-state index in [2.05, 4.69) is 32.9 Å². The SMILES string of the molecule is CC(=O)Oc1ccccc1-c1ccccc1C(C)(C)C.I. The van der Waals surface area contributed by atoms with Gasteiger partial charge in [0.15, 0.2) is 0 Å². The number of rotatable bonds is 2. The van der Waals surface area contributed by atoms with Crippen molar-refractivity contribution in [2.45, 2.75) is 33.1 Å². The molecule has 0 bridgehead atoms. The van der Waals surface area contributed by atoms with Crippen LogP contribution in [-0.2, 0) is 10.2 Å². The molecule has 0 aliphatic rings. The first-order chi connectivity index (χ1) is 9.39. The summed E-state index contributed by atoms with van der Waals surface area (Å²) < 4.78 is 5.33. The minimum atomic E-state index is -0.300. The van der Waals surface area contributed by atoms with E-state index >= 15 is 0 Å². The van der Waals surface area contributed by atoms with Crippen LogP contribution < -0.4 is 4.74 Å². The standard InChI is InChI=1S/C18H20O2.HI/c1-13(19)20-17-12-8-6-10-15(17)14-9-5-7-11-16(14)18(2,3)4;/h5-12H,1-4H3;1H. The first kappa shape index (κ1) is 17.7. The molecule has 0 atom stereocenters. The molecule has 3 heteroatoms. The van der Waals surface area contributed by atoms with Crippen LogP contribution in [0.25, 0.3) is 11.1 Å². The average molecular weight is 396 g/mol. The van der Waals surface area contributed by atoms with Gasteiger partial charge in [-0.05, 0) is 22.6 Å². The zero-order chi connectivity index (χ0) is 14.8. The van der Waals surface area contributed by atoms with Crippen molar-refractivity contribution in [3.8, 4) is 16.9 Å². The Morgan fingerprint density at radius 1 is 0.905 bits per heavy atom. The second-order valence-electron chi connectivity index (χ2n) is 5.89. The van der Waals surface area contributed by atoms with Gasteiger partial charge in [-0.3, -0.25) is 4.79 Å². The van der Waals surface area contributed by atoms with Crippen molar-refractivity contribution in [3.63, 3.8) is 0 Å². The second-order valence-corrected chi connectivity index (χ2v) is 5.89. The van der Waals surface area contributed by atoms with Gasteiger partial charge in [0.05, 0.1) is 0 Å². The van der Waals surface area contributed by atoms with Crippen LogP contribution in [0.1, 0.15) is 33.3 Å². The molecular formula is C18H21IO2. The van der Waals surface area contributed by atoms with Crippen molar-refractivity contribution in [1.82, 2.24) is 0 Å². The third-order valence-electron chi connectivity index (χ3n) is 3.17. The highest BCUT2D eigenvalue weighted by atomic mass is 127. The Balaban J connectivity index is 0.00000220. The van der Waals surface area contributed by atoms with Crippen molar-refractivity contribution in [3.05, 3.63) is 54.1 Å². The van der Waals surface area contributed by atoms with E-state index in [9.17, 15) is 4.79 Å². The molecule has 0 aromatic heterocycles. The molecule has 2 aromatic carbocycles. The van der Waals surface area contributed by atoms with Gasteiger partial charge in [-0.15, -0.1) is 24.0 Å². The zero-order valence-electron chi connectivity index (χ0n) is 12.8. The second kappa shape index (κ2) is 7.07. The summed E-state index contributed by atoms with van der Waals surface area (Å²) >= 11 is 0. The van der Waals surface area contributed by atoms with Crippen molar-refractivity contribution in [2.24, 2.45) is 0 Å². The number of halogens is 1. The van der Waals surface area contributed by atoms with Gasteiger partial charge in [0.2, 0.25) is 0 Å². The molecule has 2 aromatic rings. The monoisotopic (exact) mass is 396 g/mol. The molecule has 0 amide bonds. The lowest BCUT2D eigenvalue weighted by molar-refractivity contribution is -0.131. The van der Waals surface area contributed by atoms with Gasteiger partial charge in [0.1, 0.15) is 5.75 Å². The minimum Gasteiger partial charge on any atom is -0.426 e. The maximum atomic E-state index is 11.3. The van der Waals surface area contributed by atoms with Crippen molar-refractivity contribution in [2.75, 3.05) is 0 Å². The Labute approximate surface area is 143 Å². The molecule has 2 rings (SSSR count). The summed E-state index contributed by atoms with van der Waals surface area (Å²) in [6, 6.07) is 15.9. The lowest BCUT2D eigenvalue weighted by Gasteiger charge is -2.23. The van der Waals surface area contributed by atoms with E-state index < -0.39 is 0 Å². The van der Waals surface area contributed by atoms with Crippen LogP contribution in [0.5, 0.6) is 5.75 Å². The first-order valence-electron chi connectivity index (χ1n) is 6.77. The number of ether oxygens (including phenoxy) is 1. The van der Waals surface area contributed by atoms with E-state index in [1.807, 2.05) is 36.4 Å². The van der Waals surface area contributed by atoms with Gasteiger partial charge < -0.3 is 4.74 Å². The first-order valence-corrected chi connectivity index (χ1v) is 6.77. The molecule has 0 aliphatic carbocycles. The Hall–Kier alpha value is -1.36. The summed E-state index contributed by atoms with van der Waals surface area (Å²) in [5.41, 5.74) is 3.32. The fraction of sp³-hybridized carbons (Fsp3) is 0.278. The predicted molar refractivity (Wildman–Crippen MR) is 97.3 cm³/mol. The number of benzene rings is 2. The molecule has 0 N–H and O–H groups in total. The number of para-hydroxylation sites is 1. The largest absolute Gasteiger partial charge is 0.426 e. The summed E-state index contributed by atoms with van der Waals surface area (Å²) in [4.78, 5) is 11.3. The molecule has 0 spiro atoms. The third-order valence-corrected chi connectivity index (χ3v) is 3.17. The zero-order valence-corrected chi connectivity index (χ0v) is 15.2. The van der Waals surface area contributed by atoms with E-state index in [1.54, 1.807) is 0 Å². The quantitative estimate of drug-likeness (QED) is 0.397. The summed E-state index contributed by atoms with van der Waals surface area (Å²) in [5, 5.41) is 0. The fourth-order valence-corrected chi connectivity index (χ4v) is 2.30. The molecule has 112 valence electrons. The van der Waals surface area contributed by atoms with E-state index in [0.29, 0.717) is 5.75 Å². The normalized spacial score (nSPS) is 10.7. The lowest BCUT2D eigenvalue weighted by Crippen LogP contribution is -2.13. The molecule has 0 radical (unpaired) electrons. The van der Waals surface area contributed by atoms with Crippen LogP contribution in [0.4, 0.5) is 0 Å². The molecule has 0 heterocycles. The Morgan fingerprint density at radius 2 is 1.43 bits per heavy atom. The number of carbonyl (C=O) groups excluding carboxylic acids is 1. The number of esters is 1. The predicted octanol–water partition coefficient (Wildman–Crippen LogP) is 5.19. The molecule has 2 nitrogen and oxygen atoms in total. The van der Waals surface area contributed by atoms with Crippen LogP contribution in [0.3, 0.4) is 0 Å². The van der Waals surface area contributed by atoms with Crippen molar-refractivity contribution < 1.29 is 9.53 Å². The third kappa shape index (κ3) is 4.30.